The van der Waals surface area contributed by atoms with E-state index in [1.807, 2.05) is 32.0 Å². The second-order valence-electron chi connectivity index (χ2n) is 4.34. The molecule has 0 spiro atoms. The number of benzene rings is 1. The van der Waals surface area contributed by atoms with E-state index in [0.717, 1.165) is 16.1 Å². The van der Waals surface area contributed by atoms with E-state index in [1.165, 1.54) is 7.11 Å². The van der Waals surface area contributed by atoms with Gasteiger partial charge in [-0.15, -0.1) is 11.6 Å². The number of para-hydroxylation sites is 1. The van der Waals surface area contributed by atoms with Gasteiger partial charge >= 0.3 is 6.09 Å². The second kappa shape index (κ2) is 8.49. The number of nitrogens with one attached hydrogen (secondary N) is 1. The fourth-order valence-corrected chi connectivity index (χ4v) is 1.92. The van der Waals surface area contributed by atoms with Crippen molar-refractivity contribution in [3.8, 4) is 0 Å². The molecule has 7 heteroatoms. The Morgan fingerprint density at radius 2 is 1.90 bits per heavy atom. The highest BCUT2D eigenvalue weighted by Gasteiger charge is 2.22. The fraction of sp³-hybridized carbons (Fsp3) is 0.429. The first-order chi connectivity index (χ1) is 10.0. The first-order valence-corrected chi connectivity index (χ1v) is 6.92. The maximum Gasteiger partial charge on any atom is 0.426 e. The van der Waals surface area contributed by atoms with Crippen LogP contribution < -0.4 is 10.4 Å². The summed E-state index contributed by atoms with van der Waals surface area (Å²) in [7, 11) is 1.41. The number of aryl methyl sites for hydroxylation is 2. The maximum atomic E-state index is 12.2. The number of rotatable bonds is 5. The summed E-state index contributed by atoms with van der Waals surface area (Å²) in [4.78, 5) is 23.9. The van der Waals surface area contributed by atoms with Gasteiger partial charge in [-0.2, -0.15) is 0 Å². The van der Waals surface area contributed by atoms with Crippen LogP contribution in [0.2, 0.25) is 0 Å². The Morgan fingerprint density at radius 1 is 1.29 bits per heavy atom. The highest BCUT2D eigenvalue weighted by atomic mass is 35.5. The fourth-order valence-electron chi connectivity index (χ4n) is 1.84. The van der Waals surface area contributed by atoms with Crippen LogP contribution in [-0.2, 0) is 14.3 Å². The van der Waals surface area contributed by atoms with Gasteiger partial charge in [-0.25, -0.2) is 15.2 Å². The lowest BCUT2D eigenvalue weighted by Gasteiger charge is -2.25. The Labute approximate surface area is 128 Å². The molecule has 1 aromatic carbocycles. The predicted molar refractivity (Wildman–Crippen MR) is 80.5 cm³/mol. The van der Waals surface area contributed by atoms with E-state index >= 15 is 0 Å². The lowest BCUT2D eigenvalue weighted by Crippen LogP contribution is -2.49. The smallest absolute Gasteiger partial charge is 0.426 e. The summed E-state index contributed by atoms with van der Waals surface area (Å²) in [5.74, 6) is -0.222. The normalized spacial score (nSPS) is 10.1. The summed E-state index contributed by atoms with van der Waals surface area (Å²) in [6.45, 7) is 3.60. The van der Waals surface area contributed by atoms with Gasteiger partial charge in [0.25, 0.3) is 5.91 Å². The van der Waals surface area contributed by atoms with Gasteiger partial charge in [0, 0.05) is 7.11 Å². The van der Waals surface area contributed by atoms with Crippen LogP contribution in [0, 0.1) is 13.8 Å². The molecule has 0 saturated carbocycles. The standard InChI is InChI=1S/C14H19ClN2O4/c1-10-5-4-6-11(2)13(10)17(12(18)9-20-3)16-14(19)21-8-7-15/h4-6H,7-9H2,1-3H3,(H,16,19). The molecule has 0 aliphatic heterocycles. The van der Waals surface area contributed by atoms with E-state index in [4.69, 9.17) is 21.1 Å². The molecular weight excluding hydrogens is 296 g/mol. The van der Waals surface area contributed by atoms with E-state index in [2.05, 4.69) is 5.43 Å². The minimum absolute atomic E-state index is 0.0620. The minimum atomic E-state index is -0.747. The summed E-state index contributed by atoms with van der Waals surface area (Å²) in [5.41, 5.74) is 4.71. The summed E-state index contributed by atoms with van der Waals surface area (Å²) in [5, 5.41) is 1.14. The molecule has 0 bridgehead atoms. The number of nitrogens with zero attached hydrogens (tertiary/aromatic N) is 1. The monoisotopic (exact) mass is 314 g/mol. The number of methoxy groups -OCH3 is 1. The van der Waals surface area contributed by atoms with Crippen molar-refractivity contribution in [2.75, 3.05) is 31.2 Å². The third-order valence-electron chi connectivity index (χ3n) is 2.69. The molecule has 0 aliphatic rings. The maximum absolute atomic E-state index is 12.2. The van der Waals surface area contributed by atoms with Crippen LogP contribution in [-0.4, -0.2) is 38.2 Å². The molecule has 0 aliphatic carbocycles. The average molecular weight is 315 g/mol. The first-order valence-electron chi connectivity index (χ1n) is 6.38. The lowest BCUT2D eigenvalue weighted by atomic mass is 10.1. The molecule has 6 nitrogen and oxygen atoms in total. The van der Waals surface area contributed by atoms with Gasteiger partial charge in [-0.05, 0) is 25.0 Å². The van der Waals surface area contributed by atoms with Gasteiger partial charge in [0.2, 0.25) is 0 Å². The quantitative estimate of drug-likeness (QED) is 0.668. The van der Waals surface area contributed by atoms with E-state index in [9.17, 15) is 9.59 Å². The number of hydrazine groups is 1. The number of hydrogen-bond acceptors (Lipinski definition) is 4. The summed E-state index contributed by atoms with van der Waals surface area (Å²) >= 11 is 5.46. The number of carbonyl (C=O) groups excluding carboxylic acids is 2. The second-order valence-corrected chi connectivity index (χ2v) is 4.72. The zero-order valence-corrected chi connectivity index (χ0v) is 13.1. The minimum Gasteiger partial charge on any atom is -0.447 e. The van der Waals surface area contributed by atoms with Crippen molar-refractivity contribution >= 4 is 29.3 Å². The van der Waals surface area contributed by atoms with Gasteiger partial charge in [0.15, 0.2) is 0 Å². The number of alkyl halides is 1. The van der Waals surface area contributed by atoms with E-state index in [-0.39, 0.29) is 19.1 Å². The summed E-state index contributed by atoms with van der Waals surface area (Å²) in [6, 6.07) is 5.57. The number of carbonyl (C=O) groups is 2. The number of amides is 2. The molecule has 1 aromatic rings. The summed E-state index contributed by atoms with van der Waals surface area (Å²) in [6.07, 6.45) is -0.747. The number of halogens is 1. The zero-order chi connectivity index (χ0) is 15.8. The van der Waals surface area contributed by atoms with Crippen molar-refractivity contribution in [1.29, 1.82) is 0 Å². The van der Waals surface area contributed by atoms with Crippen LogP contribution in [0.5, 0.6) is 0 Å². The van der Waals surface area contributed by atoms with Crippen molar-refractivity contribution < 1.29 is 19.1 Å². The molecule has 2 amide bonds. The van der Waals surface area contributed by atoms with Crippen LogP contribution in [0.25, 0.3) is 0 Å². The molecule has 1 N–H and O–H groups in total. The highest BCUT2D eigenvalue weighted by Crippen LogP contribution is 2.23. The Bertz CT molecular complexity index is 487. The number of hydrogen-bond donors (Lipinski definition) is 1. The Kier molecular flexibility index (Phi) is 6.98. The van der Waals surface area contributed by atoms with Gasteiger partial charge in [-0.3, -0.25) is 4.79 Å². The van der Waals surface area contributed by atoms with Gasteiger partial charge < -0.3 is 9.47 Å². The van der Waals surface area contributed by atoms with E-state index in [1.54, 1.807) is 0 Å². The highest BCUT2D eigenvalue weighted by molar-refractivity contribution is 6.18. The lowest BCUT2D eigenvalue weighted by molar-refractivity contribution is -0.122. The molecule has 0 saturated heterocycles. The third-order valence-corrected chi connectivity index (χ3v) is 2.85. The number of anilines is 1. The van der Waals surface area contributed by atoms with Crippen molar-refractivity contribution in [2.24, 2.45) is 0 Å². The molecule has 0 aromatic heterocycles. The topological polar surface area (TPSA) is 67.9 Å². The SMILES string of the molecule is COCC(=O)N(NC(=O)OCCCl)c1c(C)cccc1C. The molecule has 116 valence electrons. The molecule has 0 radical (unpaired) electrons. The molecule has 0 atom stereocenters. The zero-order valence-electron chi connectivity index (χ0n) is 12.3. The van der Waals surface area contributed by atoms with Crippen molar-refractivity contribution in [1.82, 2.24) is 5.43 Å². The largest absolute Gasteiger partial charge is 0.447 e. The van der Waals surface area contributed by atoms with Gasteiger partial charge in [-0.1, -0.05) is 18.2 Å². The molecule has 1 rings (SSSR count). The van der Waals surface area contributed by atoms with Crippen LogP contribution in [0.3, 0.4) is 0 Å². The van der Waals surface area contributed by atoms with Crippen molar-refractivity contribution in [3.63, 3.8) is 0 Å². The van der Waals surface area contributed by atoms with E-state index in [0.29, 0.717) is 5.69 Å². The van der Waals surface area contributed by atoms with Crippen LogP contribution in [0.4, 0.5) is 10.5 Å². The Morgan fingerprint density at radius 3 is 2.43 bits per heavy atom. The van der Waals surface area contributed by atoms with Crippen molar-refractivity contribution in [3.05, 3.63) is 29.3 Å². The Hall–Kier alpha value is -1.79. The molecular formula is C14H19ClN2O4. The molecule has 0 unspecified atom stereocenters. The number of ether oxygens (including phenoxy) is 2. The first kappa shape index (κ1) is 17.3. The van der Waals surface area contributed by atoms with E-state index < -0.39 is 12.0 Å². The molecule has 0 fully saturated rings. The van der Waals surface area contributed by atoms with Crippen molar-refractivity contribution in [2.45, 2.75) is 13.8 Å². The molecule has 21 heavy (non-hydrogen) atoms. The average Bonchev–Trinajstić information content (AvgIpc) is 2.44. The Balaban J connectivity index is 3.02. The van der Waals surface area contributed by atoms with Crippen LogP contribution >= 0.6 is 11.6 Å². The van der Waals surface area contributed by atoms with Gasteiger partial charge in [0.05, 0.1) is 11.6 Å². The third kappa shape index (κ3) is 4.91. The summed E-state index contributed by atoms with van der Waals surface area (Å²) < 4.78 is 9.68. The predicted octanol–water partition coefficient (Wildman–Crippen LogP) is 2.16. The molecule has 0 heterocycles. The van der Waals surface area contributed by atoms with Gasteiger partial charge in [0.1, 0.15) is 13.2 Å². The van der Waals surface area contributed by atoms with Crippen LogP contribution in [0.1, 0.15) is 11.1 Å². The van der Waals surface area contributed by atoms with Crippen LogP contribution in [0.15, 0.2) is 18.2 Å².